The van der Waals surface area contributed by atoms with E-state index in [1.807, 2.05) is 24.3 Å². The quantitative estimate of drug-likeness (QED) is 0.179. The summed E-state index contributed by atoms with van der Waals surface area (Å²) < 4.78 is 6.00. The van der Waals surface area contributed by atoms with Crippen molar-refractivity contribution in [3.8, 4) is 5.88 Å². The Bertz CT molecular complexity index is 935. The lowest BCUT2D eigenvalue weighted by Crippen LogP contribution is -2.20. The summed E-state index contributed by atoms with van der Waals surface area (Å²) in [5, 5.41) is 14.9. The Morgan fingerprint density at radius 2 is 1.62 bits per heavy atom. The van der Waals surface area contributed by atoms with Gasteiger partial charge in [0.1, 0.15) is 11.1 Å². The molecule has 0 spiro atoms. The van der Waals surface area contributed by atoms with Crippen LogP contribution < -0.4 is 20.9 Å². The summed E-state index contributed by atoms with van der Waals surface area (Å²) in [6.07, 6.45) is 11.1. The highest BCUT2D eigenvalue weighted by molar-refractivity contribution is 6.31. The summed E-state index contributed by atoms with van der Waals surface area (Å²) in [5.41, 5.74) is 3.09. The molecule has 2 aromatic rings. The Kier molecular flexibility index (Phi) is 10.4. The number of ether oxygens (including phenoxy) is 1. The summed E-state index contributed by atoms with van der Waals surface area (Å²) in [6.45, 7) is 0. The number of benzene rings is 1. The average Bonchev–Trinajstić information content (AvgIpc) is 2.85. The molecule has 0 bridgehead atoms. The molecule has 4 N–H and O–H groups in total. The molecule has 34 heavy (non-hydrogen) atoms. The number of hydrogen-bond donors (Lipinski definition) is 4. The second-order valence-electron chi connectivity index (χ2n) is 8.42. The lowest BCUT2D eigenvalue weighted by atomic mass is 9.98. The number of amides is 2. The number of unbranched alkanes of at least 4 members (excludes halogenated alkanes) is 3. The molecule has 0 aliphatic heterocycles. The Hall–Kier alpha value is -2.91. The van der Waals surface area contributed by atoms with Gasteiger partial charge in [0.25, 0.3) is 0 Å². The number of nitrogens with zero attached hydrogens (tertiary/aromatic N) is 2. The molecular weight excluding hydrogens is 458 g/mol. The van der Waals surface area contributed by atoms with Gasteiger partial charge in [0.05, 0.1) is 6.20 Å². The minimum atomic E-state index is -0.383. The van der Waals surface area contributed by atoms with Crippen molar-refractivity contribution in [2.45, 2.75) is 76.7 Å². The van der Waals surface area contributed by atoms with Crippen molar-refractivity contribution < 1.29 is 19.5 Å². The van der Waals surface area contributed by atoms with Crippen molar-refractivity contribution >= 4 is 40.7 Å². The van der Waals surface area contributed by atoms with E-state index in [0.717, 1.165) is 50.6 Å². The average molecular weight is 490 g/mol. The number of hydrogen-bond acceptors (Lipinski definition) is 7. The lowest BCUT2D eigenvalue weighted by Gasteiger charge is -2.22. The molecular formula is C24H32ClN5O4. The standard InChI is InChI=1S/C24H32ClN5O4/c25-20-16-26-24(29-23(20)34-19-8-4-3-5-9-19)28-18-14-12-17(13-15-18)27-21(31)10-6-1-2-7-11-22(32)30-33/h12-16,19,33H,1-11H2,(H,27,31)(H,30,32)(H,26,28,29). The summed E-state index contributed by atoms with van der Waals surface area (Å²) in [6, 6.07) is 7.29. The van der Waals surface area contributed by atoms with Gasteiger partial charge in [-0.15, -0.1) is 0 Å². The molecule has 10 heteroatoms. The van der Waals surface area contributed by atoms with Crippen LogP contribution in [0.5, 0.6) is 5.88 Å². The van der Waals surface area contributed by atoms with Crippen LogP contribution in [0, 0.1) is 0 Å². The molecule has 1 aliphatic carbocycles. The van der Waals surface area contributed by atoms with Crippen LogP contribution in [0.3, 0.4) is 0 Å². The maximum atomic E-state index is 12.1. The van der Waals surface area contributed by atoms with Crippen LogP contribution in [0.25, 0.3) is 0 Å². The second kappa shape index (κ2) is 13.7. The molecule has 9 nitrogen and oxygen atoms in total. The zero-order valence-corrected chi connectivity index (χ0v) is 19.9. The molecule has 0 unspecified atom stereocenters. The highest BCUT2D eigenvalue weighted by atomic mass is 35.5. The third-order valence-corrected chi connectivity index (χ3v) is 5.91. The van der Waals surface area contributed by atoms with E-state index < -0.39 is 0 Å². The molecule has 0 radical (unpaired) electrons. The van der Waals surface area contributed by atoms with Crippen molar-refractivity contribution in [1.29, 1.82) is 0 Å². The predicted octanol–water partition coefficient (Wildman–Crippen LogP) is 5.37. The molecule has 1 heterocycles. The number of anilines is 3. The van der Waals surface area contributed by atoms with Gasteiger partial charge in [-0.25, -0.2) is 10.5 Å². The van der Waals surface area contributed by atoms with Crippen LogP contribution in [0.4, 0.5) is 17.3 Å². The number of halogens is 1. The van der Waals surface area contributed by atoms with Crippen LogP contribution in [-0.4, -0.2) is 33.1 Å². The van der Waals surface area contributed by atoms with Gasteiger partial charge in [-0.3, -0.25) is 14.8 Å². The zero-order chi connectivity index (χ0) is 24.2. The van der Waals surface area contributed by atoms with Gasteiger partial charge >= 0.3 is 0 Å². The highest BCUT2D eigenvalue weighted by Crippen LogP contribution is 2.28. The molecule has 1 aliphatic rings. The second-order valence-corrected chi connectivity index (χ2v) is 8.83. The molecule has 2 amide bonds. The van der Waals surface area contributed by atoms with Gasteiger partial charge in [-0.2, -0.15) is 4.98 Å². The van der Waals surface area contributed by atoms with E-state index in [2.05, 4.69) is 20.6 Å². The van der Waals surface area contributed by atoms with E-state index in [9.17, 15) is 9.59 Å². The first-order chi connectivity index (χ1) is 16.5. The van der Waals surface area contributed by atoms with Crippen LogP contribution in [-0.2, 0) is 9.59 Å². The smallest absolute Gasteiger partial charge is 0.243 e. The Morgan fingerprint density at radius 1 is 0.971 bits per heavy atom. The first-order valence-electron chi connectivity index (χ1n) is 11.8. The first-order valence-corrected chi connectivity index (χ1v) is 12.2. The molecule has 0 saturated heterocycles. The van der Waals surface area contributed by atoms with E-state index in [-0.39, 0.29) is 17.9 Å². The molecule has 3 rings (SSSR count). The molecule has 1 aromatic carbocycles. The molecule has 1 fully saturated rings. The summed E-state index contributed by atoms with van der Waals surface area (Å²) in [4.78, 5) is 31.7. The van der Waals surface area contributed by atoms with Crippen LogP contribution >= 0.6 is 11.6 Å². The summed E-state index contributed by atoms with van der Waals surface area (Å²) >= 11 is 6.22. The van der Waals surface area contributed by atoms with E-state index in [4.69, 9.17) is 21.5 Å². The number of nitrogens with one attached hydrogen (secondary N) is 3. The fraction of sp³-hybridized carbons (Fsp3) is 0.500. The fourth-order valence-corrected chi connectivity index (χ4v) is 3.94. The van der Waals surface area contributed by atoms with Crippen LogP contribution in [0.2, 0.25) is 5.02 Å². The number of hydroxylamine groups is 1. The van der Waals surface area contributed by atoms with E-state index in [1.54, 1.807) is 5.48 Å². The van der Waals surface area contributed by atoms with Crippen molar-refractivity contribution in [2.24, 2.45) is 0 Å². The number of carbonyl (C=O) groups is 2. The number of rotatable bonds is 12. The van der Waals surface area contributed by atoms with Gasteiger partial charge in [0.2, 0.25) is 23.6 Å². The first kappa shape index (κ1) is 25.7. The van der Waals surface area contributed by atoms with Gasteiger partial charge in [0, 0.05) is 24.2 Å². The molecule has 0 atom stereocenters. The molecule has 1 aromatic heterocycles. The van der Waals surface area contributed by atoms with Gasteiger partial charge in [-0.05, 0) is 62.8 Å². The highest BCUT2D eigenvalue weighted by Gasteiger charge is 2.18. The SMILES string of the molecule is O=C(CCCCCCC(=O)Nc1ccc(Nc2ncc(Cl)c(OC3CCCCC3)n2)cc1)NO. The lowest BCUT2D eigenvalue weighted by molar-refractivity contribution is -0.129. The molecule has 184 valence electrons. The number of aromatic nitrogens is 2. The Balaban J connectivity index is 1.42. The Labute approximate surface area is 204 Å². The molecule has 1 saturated carbocycles. The van der Waals surface area contributed by atoms with E-state index >= 15 is 0 Å². The van der Waals surface area contributed by atoms with Crippen LogP contribution in [0.1, 0.15) is 70.6 Å². The third kappa shape index (κ3) is 8.79. The minimum Gasteiger partial charge on any atom is -0.473 e. The van der Waals surface area contributed by atoms with E-state index in [1.165, 1.54) is 12.6 Å². The van der Waals surface area contributed by atoms with Gasteiger partial charge in [-0.1, -0.05) is 30.9 Å². The van der Waals surface area contributed by atoms with Crippen molar-refractivity contribution in [1.82, 2.24) is 15.4 Å². The maximum Gasteiger partial charge on any atom is 0.243 e. The minimum absolute atomic E-state index is 0.0562. The Morgan fingerprint density at radius 3 is 2.29 bits per heavy atom. The predicted molar refractivity (Wildman–Crippen MR) is 131 cm³/mol. The van der Waals surface area contributed by atoms with Crippen molar-refractivity contribution in [2.75, 3.05) is 10.6 Å². The van der Waals surface area contributed by atoms with E-state index in [0.29, 0.717) is 41.8 Å². The zero-order valence-electron chi connectivity index (χ0n) is 19.2. The summed E-state index contributed by atoms with van der Waals surface area (Å²) in [7, 11) is 0. The maximum absolute atomic E-state index is 12.1. The fourth-order valence-electron chi connectivity index (χ4n) is 3.81. The summed E-state index contributed by atoms with van der Waals surface area (Å²) in [5.74, 6) is 0.348. The largest absolute Gasteiger partial charge is 0.473 e. The third-order valence-electron chi connectivity index (χ3n) is 5.65. The van der Waals surface area contributed by atoms with Gasteiger partial charge < -0.3 is 15.4 Å². The monoisotopic (exact) mass is 489 g/mol. The van der Waals surface area contributed by atoms with Crippen molar-refractivity contribution in [3.63, 3.8) is 0 Å². The van der Waals surface area contributed by atoms with Gasteiger partial charge in [0.15, 0.2) is 0 Å². The number of carbonyl (C=O) groups excluding carboxylic acids is 2. The van der Waals surface area contributed by atoms with Crippen LogP contribution in [0.15, 0.2) is 30.5 Å². The normalized spacial score (nSPS) is 13.8. The topological polar surface area (TPSA) is 125 Å². The van der Waals surface area contributed by atoms with Crippen molar-refractivity contribution in [3.05, 3.63) is 35.5 Å².